The van der Waals surface area contributed by atoms with Crippen LogP contribution in [0.3, 0.4) is 0 Å². The average Bonchev–Trinajstić information content (AvgIpc) is 2.28. The quantitative estimate of drug-likeness (QED) is 0.769. The molecule has 1 atom stereocenters. The van der Waals surface area contributed by atoms with Crippen LogP contribution in [0.1, 0.15) is 25.5 Å². The number of allylic oxidation sites excluding steroid dienone is 1. The van der Waals surface area contributed by atoms with Gasteiger partial charge in [0.25, 0.3) is 0 Å². The Balaban J connectivity index is 2.94. The Kier molecular flexibility index (Phi) is 3.80. The van der Waals surface area contributed by atoms with E-state index >= 15 is 0 Å². The topological polar surface area (TPSA) is 20.2 Å². The first-order chi connectivity index (χ1) is 6.00. The molecule has 1 heterocycles. The van der Waals surface area contributed by atoms with Crippen molar-refractivity contribution >= 4 is 34.5 Å². The van der Waals surface area contributed by atoms with Crippen LogP contribution in [0.15, 0.2) is 17.7 Å². The molecule has 1 unspecified atom stereocenters. The zero-order chi connectivity index (χ0) is 10.0. The molecule has 1 rings (SSSR count). The Labute approximate surface area is 91.6 Å². The second-order valence-corrected chi connectivity index (χ2v) is 5.25. The summed E-state index contributed by atoms with van der Waals surface area (Å²) in [5.74, 6) is 0. The number of rotatable bonds is 2. The highest BCUT2D eigenvalue weighted by Crippen LogP contribution is 2.35. The van der Waals surface area contributed by atoms with Gasteiger partial charge in [0.2, 0.25) is 0 Å². The minimum absolute atomic E-state index is 0.551. The van der Waals surface area contributed by atoms with Crippen molar-refractivity contribution < 1.29 is 5.11 Å². The normalized spacial score (nSPS) is 12.7. The third-order valence-corrected chi connectivity index (χ3v) is 3.01. The van der Waals surface area contributed by atoms with E-state index < -0.39 is 6.10 Å². The average molecular weight is 237 g/mol. The second-order valence-electron chi connectivity index (χ2n) is 2.97. The second kappa shape index (κ2) is 4.47. The summed E-state index contributed by atoms with van der Waals surface area (Å²) in [6, 6.07) is 1.69. The van der Waals surface area contributed by atoms with Crippen LogP contribution in [0, 0.1) is 0 Å². The first-order valence-electron chi connectivity index (χ1n) is 3.78. The van der Waals surface area contributed by atoms with Gasteiger partial charge in [0.15, 0.2) is 0 Å². The molecule has 0 saturated carbocycles. The first kappa shape index (κ1) is 11.1. The van der Waals surface area contributed by atoms with Crippen LogP contribution in [-0.4, -0.2) is 5.11 Å². The zero-order valence-electron chi connectivity index (χ0n) is 7.34. The molecule has 4 heteroatoms. The van der Waals surface area contributed by atoms with E-state index in [2.05, 4.69) is 0 Å². The fourth-order valence-corrected chi connectivity index (χ4v) is 2.50. The van der Waals surface area contributed by atoms with Crippen LogP contribution in [-0.2, 0) is 0 Å². The van der Waals surface area contributed by atoms with E-state index in [9.17, 15) is 5.11 Å². The number of aliphatic hydroxyl groups excluding tert-OH is 1. The van der Waals surface area contributed by atoms with Crippen molar-refractivity contribution in [3.63, 3.8) is 0 Å². The van der Waals surface area contributed by atoms with Gasteiger partial charge in [0.1, 0.15) is 4.34 Å². The Morgan fingerprint density at radius 1 is 1.54 bits per heavy atom. The Morgan fingerprint density at radius 2 is 2.15 bits per heavy atom. The van der Waals surface area contributed by atoms with E-state index in [4.69, 9.17) is 23.2 Å². The van der Waals surface area contributed by atoms with Gasteiger partial charge in [0, 0.05) is 5.56 Å². The maximum atomic E-state index is 9.67. The highest BCUT2D eigenvalue weighted by molar-refractivity contribution is 7.20. The number of hydrogen-bond donors (Lipinski definition) is 1. The molecule has 1 aromatic rings. The smallest absolute Gasteiger partial charge is 0.100 e. The molecule has 13 heavy (non-hydrogen) atoms. The number of halogens is 2. The van der Waals surface area contributed by atoms with Gasteiger partial charge in [-0.2, -0.15) is 0 Å². The molecule has 1 aromatic heterocycles. The summed E-state index contributed by atoms with van der Waals surface area (Å²) >= 11 is 12.9. The molecule has 0 radical (unpaired) electrons. The van der Waals surface area contributed by atoms with Gasteiger partial charge in [-0.05, 0) is 19.9 Å². The van der Waals surface area contributed by atoms with Crippen molar-refractivity contribution in [1.29, 1.82) is 0 Å². The van der Waals surface area contributed by atoms with E-state index in [1.165, 1.54) is 11.3 Å². The lowest BCUT2D eigenvalue weighted by Gasteiger charge is -2.03. The molecule has 72 valence electrons. The molecule has 0 aromatic carbocycles. The van der Waals surface area contributed by atoms with Crippen molar-refractivity contribution in [2.75, 3.05) is 0 Å². The summed E-state index contributed by atoms with van der Waals surface area (Å²) in [4.78, 5) is 0. The summed E-state index contributed by atoms with van der Waals surface area (Å²) < 4.78 is 1.15. The largest absolute Gasteiger partial charge is 0.384 e. The van der Waals surface area contributed by atoms with Crippen molar-refractivity contribution in [3.8, 4) is 0 Å². The Morgan fingerprint density at radius 3 is 2.54 bits per heavy atom. The van der Waals surface area contributed by atoms with E-state index in [-0.39, 0.29) is 0 Å². The molecule has 0 fully saturated rings. The maximum Gasteiger partial charge on any atom is 0.100 e. The molecule has 0 aliphatic rings. The van der Waals surface area contributed by atoms with Crippen LogP contribution in [0.25, 0.3) is 0 Å². The fourth-order valence-electron chi connectivity index (χ4n) is 0.960. The van der Waals surface area contributed by atoms with Gasteiger partial charge in [-0.3, -0.25) is 0 Å². The molecule has 1 nitrogen and oxygen atoms in total. The van der Waals surface area contributed by atoms with Crippen molar-refractivity contribution in [3.05, 3.63) is 32.0 Å². The van der Waals surface area contributed by atoms with Gasteiger partial charge < -0.3 is 5.11 Å². The Hall–Kier alpha value is -0.0200. The van der Waals surface area contributed by atoms with Gasteiger partial charge >= 0.3 is 0 Å². The molecular formula is C9H10Cl2OS. The summed E-state index contributed by atoms with van der Waals surface area (Å²) in [5.41, 5.74) is 1.73. The fraction of sp³-hybridized carbons (Fsp3) is 0.333. The van der Waals surface area contributed by atoms with E-state index in [0.717, 1.165) is 5.57 Å². The number of thiophene rings is 1. The molecule has 0 amide bonds. The minimum atomic E-state index is -0.652. The molecule has 0 saturated heterocycles. The lowest BCUT2D eigenvalue weighted by Crippen LogP contribution is -1.91. The van der Waals surface area contributed by atoms with Gasteiger partial charge in [0.05, 0.1) is 10.4 Å². The molecule has 0 spiro atoms. The van der Waals surface area contributed by atoms with Gasteiger partial charge in [-0.15, -0.1) is 11.3 Å². The summed E-state index contributed by atoms with van der Waals surface area (Å²) in [7, 11) is 0. The molecule has 0 aliphatic heterocycles. The lowest BCUT2D eigenvalue weighted by atomic mass is 10.1. The van der Waals surface area contributed by atoms with Crippen LogP contribution in [0.2, 0.25) is 8.67 Å². The van der Waals surface area contributed by atoms with Crippen molar-refractivity contribution in [1.82, 2.24) is 0 Å². The SMILES string of the molecule is CC(C)=CC(O)c1cc(Cl)sc1Cl. The summed E-state index contributed by atoms with van der Waals surface area (Å²) in [6.45, 7) is 3.84. The number of aliphatic hydroxyl groups is 1. The third kappa shape index (κ3) is 2.99. The highest BCUT2D eigenvalue weighted by Gasteiger charge is 2.12. The Bertz CT molecular complexity index is 326. The van der Waals surface area contributed by atoms with Crippen molar-refractivity contribution in [2.45, 2.75) is 20.0 Å². The lowest BCUT2D eigenvalue weighted by molar-refractivity contribution is 0.228. The predicted octanol–water partition coefficient (Wildman–Crippen LogP) is 4.05. The maximum absolute atomic E-state index is 9.67. The standard InChI is InChI=1S/C9H10Cl2OS/c1-5(2)3-7(12)6-4-8(10)13-9(6)11/h3-4,7,12H,1-2H3. The van der Waals surface area contributed by atoms with Crippen molar-refractivity contribution in [2.24, 2.45) is 0 Å². The predicted molar refractivity (Wildman–Crippen MR) is 58.7 cm³/mol. The van der Waals surface area contributed by atoms with Gasteiger partial charge in [-0.25, -0.2) is 0 Å². The van der Waals surface area contributed by atoms with Crippen LogP contribution in [0.4, 0.5) is 0 Å². The molecular weight excluding hydrogens is 227 g/mol. The van der Waals surface area contributed by atoms with E-state index in [1.807, 2.05) is 13.8 Å². The molecule has 0 bridgehead atoms. The summed E-state index contributed by atoms with van der Waals surface area (Å²) in [5, 5.41) is 9.67. The molecule has 1 N–H and O–H groups in total. The zero-order valence-corrected chi connectivity index (χ0v) is 9.67. The monoisotopic (exact) mass is 236 g/mol. The third-order valence-electron chi connectivity index (χ3n) is 1.49. The van der Waals surface area contributed by atoms with Crippen LogP contribution in [0.5, 0.6) is 0 Å². The summed E-state index contributed by atoms with van der Waals surface area (Å²) in [6.07, 6.45) is 1.09. The first-order valence-corrected chi connectivity index (χ1v) is 5.35. The highest BCUT2D eigenvalue weighted by atomic mass is 35.5. The van der Waals surface area contributed by atoms with Gasteiger partial charge in [-0.1, -0.05) is 34.9 Å². The van der Waals surface area contributed by atoms with Crippen LogP contribution < -0.4 is 0 Å². The minimum Gasteiger partial charge on any atom is -0.384 e. The van der Waals surface area contributed by atoms with E-state index in [1.54, 1.807) is 12.1 Å². The van der Waals surface area contributed by atoms with E-state index in [0.29, 0.717) is 14.2 Å². The van der Waals surface area contributed by atoms with Crippen LogP contribution >= 0.6 is 34.5 Å². The number of hydrogen-bond acceptors (Lipinski definition) is 2. The molecule has 0 aliphatic carbocycles.